The summed E-state index contributed by atoms with van der Waals surface area (Å²) in [5, 5.41) is 2.92. The Kier molecular flexibility index (Phi) is 9.31. The van der Waals surface area contributed by atoms with Crippen molar-refractivity contribution in [3.63, 3.8) is 0 Å². The molecule has 21 heavy (non-hydrogen) atoms. The van der Waals surface area contributed by atoms with Crippen molar-refractivity contribution in [1.29, 1.82) is 0 Å². The topological polar surface area (TPSA) is 32.3 Å². The summed E-state index contributed by atoms with van der Waals surface area (Å²) in [7, 11) is 0. The second-order valence-electron chi connectivity index (χ2n) is 5.26. The van der Waals surface area contributed by atoms with E-state index in [1.165, 1.54) is 37.1 Å². The van der Waals surface area contributed by atoms with Crippen molar-refractivity contribution in [3.8, 4) is 0 Å². The minimum absolute atomic E-state index is 0. The van der Waals surface area contributed by atoms with Crippen molar-refractivity contribution in [2.24, 2.45) is 0 Å². The van der Waals surface area contributed by atoms with E-state index in [-0.39, 0.29) is 25.7 Å². The number of anilines is 1. The molecule has 1 N–H and O–H groups in total. The van der Waals surface area contributed by atoms with Crippen molar-refractivity contribution in [1.82, 2.24) is 4.90 Å². The molecule has 0 saturated carbocycles. The summed E-state index contributed by atoms with van der Waals surface area (Å²) in [5.41, 5.74) is 3.55. The Morgan fingerprint density at radius 1 is 1.14 bits per heavy atom. The zero-order valence-corrected chi connectivity index (χ0v) is 13.3. The Bertz CT molecular complexity index is 442. The van der Waals surface area contributed by atoms with Crippen LogP contribution in [0.15, 0.2) is 18.2 Å². The maximum absolute atomic E-state index is 11.5. The lowest BCUT2D eigenvalue weighted by molar-refractivity contribution is -0.115. The number of nitrogens with one attached hydrogen (secondary N) is 1. The van der Waals surface area contributed by atoms with E-state index in [0.29, 0.717) is 6.42 Å². The molecular formula is C17H29ClN2O. The lowest BCUT2D eigenvalue weighted by Gasteiger charge is -2.21. The smallest absolute Gasteiger partial charge is 0.228 e. The first-order valence-electron chi connectivity index (χ1n) is 7.37. The highest BCUT2D eigenvalue weighted by atomic mass is 35.5. The summed E-state index contributed by atoms with van der Waals surface area (Å²) >= 11 is 0. The second kappa shape index (κ2) is 9.80. The van der Waals surface area contributed by atoms with Gasteiger partial charge >= 0.3 is 0 Å². The lowest BCUT2D eigenvalue weighted by Crippen LogP contribution is -2.28. The summed E-state index contributed by atoms with van der Waals surface area (Å²) in [6.07, 6.45) is 3.99. The van der Waals surface area contributed by atoms with E-state index in [1.54, 1.807) is 0 Å². The third-order valence-electron chi connectivity index (χ3n) is 3.66. The fourth-order valence-corrected chi connectivity index (χ4v) is 2.80. The number of amides is 1. The van der Waals surface area contributed by atoms with Gasteiger partial charge in [0.1, 0.15) is 0 Å². The van der Waals surface area contributed by atoms with E-state index in [4.69, 9.17) is 0 Å². The van der Waals surface area contributed by atoms with Gasteiger partial charge in [-0.15, -0.1) is 12.4 Å². The van der Waals surface area contributed by atoms with E-state index >= 15 is 0 Å². The minimum atomic E-state index is 0. The third-order valence-corrected chi connectivity index (χ3v) is 3.66. The van der Waals surface area contributed by atoms with Crippen LogP contribution in [0.3, 0.4) is 0 Å². The van der Waals surface area contributed by atoms with Gasteiger partial charge < -0.3 is 10.2 Å². The molecule has 0 saturated heterocycles. The number of benzene rings is 1. The molecule has 2 rings (SSSR count). The number of carbonyl (C=O) groups excluding carboxylic acids is 1. The molecule has 4 heteroatoms. The highest BCUT2D eigenvalue weighted by Gasteiger charge is 2.20. The van der Waals surface area contributed by atoms with Crippen LogP contribution in [-0.2, 0) is 17.6 Å². The van der Waals surface area contributed by atoms with Crippen LogP contribution in [0.5, 0.6) is 0 Å². The molecule has 1 heterocycles. The zero-order chi connectivity index (χ0) is 13.7. The van der Waals surface area contributed by atoms with Gasteiger partial charge in [-0.1, -0.05) is 33.4 Å². The maximum atomic E-state index is 11.5. The Hall–Kier alpha value is -1.06. The van der Waals surface area contributed by atoms with Crippen molar-refractivity contribution in [2.45, 2.75) is 47.0 Å². The highest BCUT2D eigenvalue weighted by Crippen LogP contribution is 2.26. The number of hydrogen-bond donors (Lipinski definition) is 1. The Balaban J connectivity index is 0.00000200. The predicted molar refractivity (Wildman–Crippen MR) is 93.5 cm³/mol. The molecule has 0 spiro atoms. The Morgan fingerprint density at radius 2 is 1.81 bits per heavy atom. The molecule has 1 aromatic carbocycles. The molecule has 0 atom stereocenters. The first kappa shape index (κ1) is 19.9. The number of fused-ring (bicyclic) bond motifs is 1. The van der Waals surface area contributed by atoms with Crippen LogP contribution in [-0.4, -0.2) is 30.4 Å². The highest BCUT2D eigenvalue weighted by molar-refractivity contribution is 5.99. The quantitative estimate of drug-likeness (QED) is 0.828. The second-order valence-corrected chi connectivity index (χ2v) is 5.26. The molecule has 0 bridgehead atoms. The molecule has 1 aliphatic heterocycles. The molecule has 0 radical (unpaired) electrons. The molecule has 0 unspecified atom stereocenters. The Morgan fingerprint density at radius 3 is 2.43 bits per heavy atom. The SMILES string of the molecule is C.CCCN(CCC)CCc1cccc2c1CC(=O)N2.Cl. The number of rotatable bonds is 7. The number of carbonyl (C=O) groups is 1. The van der Waals surface area contributed by atoms with Gasteiger partial charge in [-0.25, -0.2) is 0 Å². The van der Waals surface area contributed by atoms with E-state index in [2.05, 4.69) is 30.1 Å². The largest absolute Gasteiger partial charge is 0.326 e. The fourth-order valence-electron chi connectivity index (χ4n) is 2.80. The van der Waals surface area contributed by atoms with Crippen LogP contribution in [0, 0.1) is 0 Å². The summed E-state index contributed by atoms with van der Waals surface area (Å²) in [6, 6.07) is 6.21. The molecule has 1 aromatic rings. The van der Waals surface area contributed by atoms with Crippen molar-refractivity contribution < 1.29 is 4.79 Å². The van der Waals surface area contributed by atoms with E-state index < -0.39 is 0 Å². The molecule has 1 aliphatic rings. The molecule has 0 aromatic heterocycles. The average molecular weight is 313 g/mol. The van der Waals surface area contributed by atoms with Gasteiger partial charge in [-0.3, -0.25) is 4.79 Å². The normalized spacial score (nSPS) is 12.4. The standard InChI is InChI=1S/C16H24N2O.CH4.ClH/c1-3-9-18(10-4-2)11-8-13-6-5-7-15-14(13)12-16(19)17-15;;/h5-7H,3-4,8-12H2,1-2H3,(H,17,19);1H4;1H. The van der Waals surface area contributed by atoms with Crippen LogP contribution < -0.4 is 5.32 Å². The number of halogens is 1. The molecular weight excluding hydrogens is 284 g/mol. The fraction of sp³-hybridized carbons (Fsp3) is 0.588. The van der Waals surface area contributed by atoms with Crippen molar-refractivity contribution >= 4 is 24.0 Å². The first-order valence-corrected chi connectivity index (χ1v) is 7.37. The lowest BCUT2D eigenvalue weighted by atomic mass is 10.0. The van der Waals surface area contributed by atoms with Gasteiger partial charge in [0.05, 0.1) is 6.42 Å². The first-order chi connectivity index (χ1) is 9.24. The van der Waals surface area contributed by atoms with Crippen LogP contribution >= 0.6 is 12.4 Å². The molecule has 0 fully saturated rings. The van der Waals surface area contributed by atoms with Gasteiger partial charge in [0.25, 0.3) is 0 Å². The average Bonchev–Trinajstić information content (AvgIpc) is 2.77. The van der Waals surface area contributed by atoms with Gasteiger partial charge in [-0.2, -0.15) is 0 Å². The van der Waals surface area contributed by atoms with Gasteiger partial charge in [0.15, 0.2) is 0 Å². The van der Waals surface area contributed by atoms with Crippen LogP contribution in [0.1, 0.15) is 45.2 Å². The summed E-state index contributed by atoms with van der Waals surface area (Å²) < 4.78 is 0. The van der Waals surface area contributed by atoms with Crippen molar-refractivity contribution in [2.75, 3.05) is 25.0 Å². The van der Waals surface area contributed by atoms with E-state index in [9.17, 15) is 4.79 Å². The summed E-state index contributed by atoms with van der Waals surface area (Å²) in [4.78, 5) is 14.0. The molecule has 1 amide bonds. The minimum Gasteiger partial charge on any atom is -0.326 e. The molecule has 0 aliphatic carbocycles. The summed E-state index contributed by atoms with van der Waals surface area (Å²) in [5.74, 6) is 0.126. The maximum Gasteiger partial charge on any atom is 0.228 e. The van der Waals surface area contributed by atoms with E-state index in [0.717, 1.165) is 18.7 Å². The number of hydrogen-bond acceptors (Lipinski definition) is 2. The van der Waals surface area contributed by atoms with Crippen molar-refractivity contribution in [3.05, 3.63) is 29.3 Å². The zero-order valence-electron chi connectivity index (χ0n) is 12.4. The predicted octanol–water partition coefficient (Wildman–Crippen LogP) is 3.90. The van der Waals surface area contributed by atoms with Gasteiger partial charge in [0.2, 0.25) is 5.91 Å². The third kappa shape index (κ3) is 5.33. The summed E-state index contributed by atoms with van der Waals surface area (Å²) in [6.45, 7) is 7.88. The van der Waals surface area contributed by atoms with E-state index in [1.807, 2.05) is 12.1 Å². The Labute approximate surface area is 135 Å². The van der Waals surface area contributed by atoms with Crippen LogP contribution in [0.25, 0.3) is 0 Å². The van der Waals surface area contributed by atoms with Gasteiger partial charge in [0, 0.05) is 12.2 Å². The van der Waals surface area contributed by atoms with Crippen LogP contribution in [0.4, 0.5) is 5.69 Å². The van der Waals surface area contributed by atoms with Gasteiger partial charge in [-0.05, 0) is 49.5 Å². The van der Waals surface area contributed by atoms with Crippen LogP contribution in [0.2, 0.25) is 0 Å². The molecule has 120 valence electrons. The molecule has 3 nitrogen and oxygen atoms in total. The number of nitrogens with zero attached hydrogens (tertiary/aromatic N) is 1. The monoisotopic (exact) mass is 312 g/mol.